The second-order valence-corrected chi connectivity index (χ2v) is 6.96. The molecule has 0 unspecified atom stereocenters. The lowest BCUT2D eigenvalue weighted by atomic mass is 10.1. The molecule has 0 atom stereocenters. The fraction of sp³-hybridized carbons (Fsp3) is 0.261. The van der Waals surface area contributed by atoms with Gasteiger partial charge < -0.3 is 10.6 Å². The van der Waals surface area contributed by atoms with Gasteiger partial charge in [0, 0.05) is 17.9 Å². The molecule has 3 aromatic rings. The van der Waals surface area contributed by atoms with Gasteiger partial charge in [-0.3, -0.25) is 4.79 Å². The van der Waals surface area contributed by atoms with Gasteiger partial charge in [0.05, 0.1) is 0 Å². The number of aromatic nitrogens is 2. The highest BCUT2D eigenvalue weighted by molar-refractivity contribution is 6.03. The summed E-state index contributed by atoms with van der Waals surface area (Å²) in [4.78, 5) is 21.5. The first-order valence-electron chi connectivity index (χ1n) is 9.54. The van der Waals surface area contributed by atoms with Gasteiger partial charge in [0.2, 0.25) is 5.95 Å². The van der Waals surface area contributed by atoms with Crippen LogP contribution in [0.1, 0.15) is 39.3 Å². The molecule has 0 bridgehead atoms. The van der Waals surface area contributed by atoms with Crippen LogP contribution in [0, 0.1) is 20.8 Å². The van der Waals surface area contributed by atoms with E-state index in [0.29, 0.717) is 11.6 Å². The number of carbonyl (C=O) groups excluding carboxylic acids is 1. The van der Waals surface area contributed by atoms with Gasteiger partial charge in [-0.1, -0.05) is 48.5 Å². The van der Waals surface area contributed by atoms with Crippen molar-refractivity contribution in [2.75, 3.05) is 17.2 Å². The minimum atomic E-state index is -0.227. The van der Waals surface area contributed by atoms with E-state index < -0.39 is 0 Å². The van der Waals surface area contributed by atoms with Gasteiger partial charge in [0.25, 0.3) is 5.91 Å². The van der Waals surface area contributed by atoms with E-state index in [1.807, 2.05) is 57.2 Å². The molecule has 1 aromatic heterocycles. The van der Waals surface area contributed by atoms with Crippen LogP contribution < -0.4 is 10.6 Å². The number of rotatable bonds is 7. The molecule has 0 saturated heterocycles. The predicted octanol–water partition coefficient (Wildman–Crippen LogP) is 4.70. The Morgan fingerprint density at radius 2 is 1.64 bits per heavy atom. The number of nitrogens with one attached hydrogen (secondary N) is 2. The number of amides is 1. The van der Waals surface area contributed by atoms with Crippen molar-refractivity contribution in [2.24, 2.45) is 0 Å². The molecule has 0 radical (unpaired) electrons. The largest absolute Gasteiger partial charge is 0.354 e. The normalized spacial score (nSPS) is 10.5. The van der Waals surface area contributed by atoms with E-state index in [2.05, 4.69) is 32.7 Å². The summed E-state index contributed by atoms with van der Waals surface area (Å²) in [5, 5.41) is 6.22. The summed E-state index contributed by atoms with van der Waals surface area (Å²) in [7, 11) is 0. The average molecular weight is 374 g/mol. The van der Waals surface area contributed by atoms with Crippen LogP contribution in [0.15, 0.2) is 54.6 Å². The van der Waals surface area contributed by atoms with Crippen molar-refractivity contribution in [2.45, 2.75) is 33.6 Å². The van der Waals surface area contributed by atoms with E-state index >= 15 is 0 Å². The lowest BCUT2D eigenvalue weighted by Gasteiger charge is -2.12. The molecule has 0 aliphatic carbocycles. The zero-order valence-corrected chi connectivity index (χ0v) is 16.6. The van der Waals surface area contributed by atoms with Gasteiger partial charge in [-0.2, -0.15) is 0 Å². The number of nitrogens with zero attached hydrogens (tertiary/aromatic N) is 2. The van der Waals surface area contributed by atoms with Crippen LogP contribution >= 0.6 is 0 Å². The Morgan fingerprint density at radius 1 is 0.929 bits per heavy atom. The van der Waals surface area contributed by atoms with Crippen LogP contribution in [0.5, 0.6) is 0 Å². The predicted molar refractivity (Wildman–Crippen MR) is 114 cm³/mol. The minimum absolute atomic E-state index is 0.227. The van der Waals surface area contributed by atoms with E-state index in [1.54, 1.807) is 6.07 Å². The van der Waals surface area contributed by atoms with Gasteiger partial charge in [-0.05, 0) is 56.4 Å². The van der Waals surface area contributed by atoms with E-state index in [1.165, 1.54) is 5.56 Å². The Balaban J connectivity index is 1.63. The molecule has 2 aromatic carbocycles. The Labute approximate surface area is 166 Å². The summed E-state index contributed by atoms with van der Waals surface area (Å²) in [6.45, 7) is 6.57. The fourth-order valence-corrected chi connectivity index (χ4v) is 3.09. The zero-order valence-electron chi connectivity index (χ0n) is 16.6. The molecule has 5 nitrogen and oxygen atoms in total. The molecule has 0 aliphatic rings. The summed E-state index contributed by atoms with van der Waals surface area (Å²) in [5.74, 6) is 0.259. The number of aryl methyl sites for hydroxylation is 4. The molecular formula is C23H26N4O. The van der Waals surface area contributed by atoms with E-state index in [-0.39, 0.29) is 5.91 Å². The number of para-hydroxylation sites is 1. The minimum Gasteiger partial charge on any atom is -0.354 e. The van der Waals surface area contributed by atoms with E-state index in [9.17, 15) is 4.79 Å². The van der Waals surface area contributed by atoms with Gasteiger partial charge in [0.15, 0.2) is 0 Å². The molecule has 144 valence electrons. The first-order chi connectivity index (χ1) is 13.5. The quantitative estimate of drug-likeness (QED) is 0.588. The maximum Gasteiger partial charge on any atom is 0.274 e. The van der Waals surface area contributed by atoms with Crippen LogP contribution in [-0.4, -0.2) is 22.4 Å². The second-order valence-electron chi connectivity index (χ2n) is 6.96. The molecule has 1 amide bonds. The van der Waals surface area contributed by atoms with Gasteiger partial charge in [-0.25, -0.2) is 9.97 Å². The lowest BCUT2D eigenvalue weighted by molar-refractivity contribution is 0.102. The zero-order chi connectivity index (χ0) is 19.9. The highest BCUT2D eigenvalue weighted by Gasteiger charge is 2.13. The van der Waals surface area contributed by atoms with Crippen LogP contribution in [0.3, 0.4) is 0 Å². The van der Waals surface area contributed by atoms with Crippen molar-refractivity contribution < 1.29 is 4.79 Å². The van der Waals surface area contributed by atoms with Gasteiger partial charge in [0.1, 0.15) is 5.69 Å². The average Bonchev–Trinajstić information content (AvgIpc) is 2.68. The first-order valence-corrected chi connectivity index (χ1v) is 9.54. The molecular weight excluding hydrogens is 348 g/mol. The maximum atomic E-state index is 12.7. The Kier molecular flexibility index (Phi) is 6.37. The molecule has 0 spiro atoms. The molecule has 0 fully saturated rings. The third-order valence-corrected chi connectivity index (χ3v) is 4.57. The third kappa shape index (κ3) is 5.16. The summed E-state index contributed by atoms with van der Waals surface area (Å²) >= 11 is 0. The molecule has 2 N–H and O–H groups in total. The van der Waals surface area contributed by atoms with Crippen molar-refractivity contribution >= 4 is 17.5 Å². The Morgan fingerprint density at radius 3 is 2.36 bits per heavy atom. The molecule has 28 heavy (non-hydrogen) atoms. The number of hydrogen-bond donors (Lipinski definition) is 2. The highest BCUT2D eigenvalue weighted by Crippen LogP contribution is 2.20. The van der Waals surface area contributed by atoms with Crippen molar-refractivity contribution in [3.63, 3.8) is 0 Å². The standard InChI is InChI=1S/C23H26N4O/c1-16-9-7-10-17(2)21(16)27-22(28)20-15-18(3)25-23(26-20)24-14-8-13-19-11-5-4-6-12-19/h4-7,9-12,15H,8,13-14H2,1-3H3,(H,27,28)(H,24,25,26). The maximum absolute atomic E-state index is 12.7. The molecule has 0 saturated carbocycles. The molecule has 1 heterocycles. The van der Waals surface area contributed by atoms with E-state index in [4.69, 9.17) is 0 Å². The number of anilines is 2. The lowest BCUT2D eigenvalue weighted by Crippen LogP contribution is -2.17. The summed E-state index contributed by atoms with van der Waals surface area (Å²) in [6.07, 6.45) is 1.95. The molecule has 3 rings (SSSR count). The topological polar surface area (TPSA) is 66.9 Å². The third-order valence-electron chi connectivity index (χ3n) is 4.57. The Hall–Kier alpha value is -3.21. The summed E-state index contributed by atoms with van der Waals surface area (Å²) in [5.41, 5.74) is 5.31. The number of hydrogen-bond acceptors (Lipinski definition) is 4. The van der Waals surface area contributed by atoms with Crippen LogP contribution in [0.4, 0.5) is 11.6 Å². The van der Waals surface area contributed by atoms with Crippen molar-refractivity contribution in [1.29, 1.82) is 0 Å². The highest BCUT2D eigenvalue weighted by atomic mass is 16.1. The van der Waals surface area contributed by atoms with Crippen molar-refractivity contribution in [1.82, 2.24) is 9.97 Å². The molecule has 5 heteroatoms. The monoisotopic (exact) mass is 374 g/mol. The summed E-state index contributed by atoms with van der Waals surface area (Å²) < 4.78 is 0. The second kappa shape index (κ2) is 9.13. The summed E-state index contributed by atoms with van der Waals surface area (Å²) in [6, 6.07) is 18.0. The van der Waals surface area contributed by atoms with Gasteiger partial charge in [-0.15, -0.1) is 0 Å². The van der Waals surface area contributed by atoms with Crippen LogP contribution in [-0.2, 0) is 6.42 Å². The van der Waals surface area contributed by atoms with Gasteiger partial charge >= 0.3 is 0 Å². The number of carbonyl (C=O) groups is 1. The number of benzene rings is 2. The van der Waals surface area contributed by atoms with Crippen molar-refractivity contribution in [3.05, 3.63) is 82.7 Å². The van der Waals surface area contributed by atoms with Crippen molar-refractivity contribution in [3.8, 4) is 0 Å². The Bertz CT molecular complexity index is 934. The van der Waals surface area contributed by atoms with Crippen LogP contribution in [0.25, 0.3) is 0 Å². The first kappa shape index (κ1) is 19.5. The fourth-order valence-electron chi connectivity index (χ4n) is 3.09. The molecule has 0 aliphatic heterocycles. The SMILES string of the molecule is Cc1cc(C(=O)Nc2c(C)cccc2C)nc(NCCCc2ccccc2)n1. The smallest absolute Gasteiger partial charge is 0.274 e. The van der Waals surface area contributed by atoms with E-state index in [0.717, 1.165) is 41.9 Å². The van der Waals surface area contributed by atoms with Crippen LogP contribution in [0.2, 0.25) is 0 Å².